The van der Waals surface area contributed by atoms with E-state index in [-0.39, 0.29) is 5.91 Å². The molecule has 0 saturated carbocycles. The molecule has 9 heteroatoms. The normalized spacial score (nSPS) is 13.7. The van der Waals surface area contributed by atoms with E-state index in [9.17, 15) is 18.0 Å². The van der Waals surface area contributed by atoms with Crippen LogP contribution < -0.4 is 5.73 Å². The zero-order valence-corrected chi connectivity index (χ0v) is 20.1. The van der Waals surface area contributed by atoms with Crippen LogP contribution >= 0.6 is 11.3 Å². The van der Waals surface area contributed by atoms with E-state index in [2.05, 4.69) is 36.1 Å². The molecule has 0 atom stereocenters. The van der Waals surface area contributed by atoms with Gasteiger partial charge in [-0.3, -0.25) is 4.79 Å². The van der Waals surface area contributed by atoms with Crippen LogP contribution in [0.1, 0.15) is 50.7 Å². The Kier molecular flexibility index (Phi) is 9.28. The fraction of sp³-hybridized carbons (Fsp3) is 0.259. The zero-order valence-electron chi connectivity index (χ0n) is 19.3. The summed E-state index contributed by atoms with van der Waals surface area (Å²) in [5, 5.41) is 9.09. The molecule has 0 bridgehead atoms. The molecule has 0 radical (unpaired) electrons. The second-order valence-corrected chi connectivity index (χ2v) is 9.05. The van der Waals surface area contributed by atoms with Gasteiger partial charge in [0, 0.05) is 36.1 Å². The number of thiophene rings is 1. The van der Waals surface area contributed by atoms with Crippen molar-refractivity contribution in [1.29, 1.82) is 0 Å². The first-order chi connectivity index (χ1) is 17.2. The zero-order chi connectivity index (χ0) is 26.1. The molecule has 188 valence electrons. The van der Waals surface area contributed by atoms with Crippen molar-refractivity contribution in [1.82, 2.24) is 4.90 Å². The third kappa shape index (κ3) is 7.70. The first-order valence-corrected chi connectivity index (χ1v) is 12.1. The molecule has 1 amide bonds. The van der Waals surface area contributed by atoms with Gasteiger partial charge in [0.2, 0.25) is 0 Å². The molecule has 2 heterocycles. The first-order valence-electron chi connectivity index (χ1n) is 11.2. The Labute approximate surface area is 211 Å². The van der Waals surface area contributed by atoms with E-state index in [1.807, 2.05) is 46.7 Å². The van der Waals surface area contributed by atoms with Crippen LogP contribution in [-0.2, 0) is 11.3 Å². The number of carbonyl (C=O) groups is 2. The van der Waals surface area contributed by atoms with Crippen LogP contribution in [0.3, 0.4) is 0 Å². The lowest BCUT2D eigenvalue weighted by Crippen LogP contribution is -2.37. The van der Waals surface area contributed by atoms with Crippen molar-refractivity contribution in [2.45, 2.75) is 31.5 Å². The molecule has 2 aromatic carbocycles. The highest BCUT2D eigenvalue weighted by Crippen LogP contribution is 2.30. The van der Waals surface area contributed by atoms with E-state index in [1.165, 1.54) is 22.5 Å². The fourth-order valence-corrected chi connectivity index (χ4v) is 4.53. The number of amides is 1. The third-order valence-corrected chi connectivity index (χ3v) is 6.54. The summed E-state index contributed by atoms with van der Waals surface area (Å²) in [6.07, 6.45) is -3.10. The number of carbonyl (C=O) groups excluding carboxylic acids is 1. The molecule has 0 spiro atoms. The monoisotopic (exact) mass is 514 g/mol. The summed E-state index contributed by atoms with van der Waals surface area (Å²) in [5.41, 5.74) is 10.2. The maximum Gasteiger partial charge on any atom is 0.490 e. The summed E-state index contributed by atoms with van der Waals surface area (Å²) in [7, 11) is 0. The van der Waals surface area contributed by atoms with Crippen LogP contribution in [0.2, 0.25) is 0 Å². The number of carboxylic acids is 1. The average Bonchev–Trinajstić information content (AvgIpc) is 3.37. The average molecular weight is 515 g/mol. The van der Waals surface area contributed by atoms with E-state index in [0.717, 1.165) is 41.9 Å². The van der Waals surface area contributed by atoms with E-state index < -0.39 is 12.1 Å². The van der Waals surface area contributed by atoms with Crippen molar-refractivity contribution in [3.05, 3.63) is 93.2 Å². The maximum atomic E-state index is 12.9. The van der Waals surface area contributed by atoms with Crippen molar-refractivity contribution >= 4 is 23.2 Å². The van der Waals surface area contributed by atoms with E-state index >= 15 is 0 Å². The highest BCUT2D eigenvalue weighted by Gasteiger charge is 2.38. The standard InChI is InChI=1S/C25H24N2OS.C2HF3O2/c26-17-20-7-4-8-23(15-20)22-11-13-27(14-12-22)25(28)24-16-21(18-29-24)10-9-19-5-2-1-3-6-19;3-2(4,5)1(6)7/h1-8,15-16,18,22H,11-14,17,26H2;(H,6,7). The second kappa shape index (κ2) is 12.4. The molecule has 0 unspecified atom stereocenters. The van der Waals surface area contributed by atoms with Crippen LogP contribution in [0.5, 0.6) is 0 Å². The van der Waals surface area contributed by atoms with Gasteiger partial charge >= 0.3 is 12.1 Å². The number of aliphatic carboxylic acids is 1. The molecule has 1 saturated heterocycles. The van der Waals surface area contributed by atoms with E-state index in [0.29, 0.717) is 12.5 Å². The van der Waals surface area contributed by atoms with Crippen LogP contribution in [0.4, 0.5) is 13.2 Å². The maximum absolute atomic E-state index is 12.9. The van der Waals surface area contributed by atoms with Gasteiger partial charge in [-0.1, -0.05) is 54.3 Å². The molecule has 4 rings (SSSR count). The van der Waals surface area contributed by atoms with Crippen LogP contribution in [0, 0.1) is 11.8 Å². The minimum Gasteiger partial charge on any atom is -0.475 e. The van der Waals surface area contributed by atoms with Crippen LogP contribution in [-0.4, -0.2) is 41.1 Å². The molecule has 36 heavy (non-hydrogen) atoms. The summed E-state index contributed by atoms with van der Waals surface area (Å²) in [6.45, 7) is 2.15. The Morgan fingerprint density at radius 3 is 2.25 bits per heavy atom. The summed E-state index contributed by atoms with van der Waals surface area (Å²) in [5.74, 6) is 4.17. The number of piperidine rings is 1. The van der Waals surface area contributed by atoms with Gasteiger partial charge in [0.25, 0.3) is 5.91 Å². The molecule has 1 aromatic heterocycles. The molecule has 5 nitrogen and oxygen atoms in total. The number of nitrogens with zero attached hydrogens (tertiary/aromatic N) is 1. The van der Waals surface area contributed by atoms with Crippen molar-refractivity contribution < 1.29 is 27.9 Å². The number of rotatable bonds is 3. The summed E-state index contributed by atoms with van der Waals surface area (Å²) < 4.78 is 31.7. The summed E-state index contributed by atoms with van der Waals surface area (Å²) in [4.78, 5) is 24.5. The number of benzene rings is 2. The predicted molar refractivity (Wildman–Crippen MR) is 133 cm³/mol. The van der Waals surface area contributed by atoms with E-state index in [4.69, 9.17) is 15.6 Å². The lowest BCUT2D eigenvalue weighted by atomic mass is 9.88. The summed E-state index contributed by atoms with van der Waals surface area (Å²) in [6, 6.07) is 20.3. The van der Waals surface area contributed by atoms with Gasteiger partial charge in [-0.05, 0) is 48.1 Å². The molecule has 1 aliphatic rings. The fourth-order valence-electron chi connectivity index (χ4n) is 3.73. The van der Waals surface area contributed by atoms with Crippen molar-refractivity contribution in [3.8, 4) is 11.8 Å². The number of alkyl halides is 3. The Morgan fingerprint density at radius 2 is 1.64 bits per heavy atom. The summed E-state index contributed by atoms with van der Waals surface area (Å²) >= 11 is 1.48. The number of halogens is 3. The largest absolute Gasteiger partial charge is 0.490 e. The van der Waals surface area contributed by atoms with Crippen molar-refractivity contribution in [3.63, 3.8) is 0 Å². The van der Waals surface area contributed by atoms with Crippen LogP contribution in [0.15, 0.2) is 66.0 Å². The smallest absolute Gasteiger partial charge is 0.475 e. The van der Waals surface area contributed by atoms with Gasteiger partial charge in [0.15, 0.2) is 0 Å². The number of hydrogen-bond acceptors (Lipinski definition) is 4. The highest BCUT2D eigenvalue weighted by molar-refractivity contribution is 7.12. The van der Waals surface area contributed by atoms with Gasteiger partial charge < -0.3 is 15.7 Å². The Bertz CT molecular complexity index is 1240. The highest BCUT2D eigenvalue weighted by atomic mass is 32.1. The predicted octanol–water partition coefficient (Wildman–Crippen LogP) is 5.26. The van der Waals surface area contributed by atoms with Gasteiger partial charge in [-0.25, -0.2) is 4.79 Å². The molecular weight excluding hydrogens is 489 g/mol. The Balaban J connectivity index is 0.000000454. The molecule has 0 aliphatic carbocycles. The molecular formula is C27H25F3N2O3S. The Hall–Kier alpha value is -3.61. The lowest BCUT2D eigenvalue weighted by Gasteiger charge is -2.32. The number of nitrogens with two attached hydrogens (primary N) is 1. The van der Waals surface area contributed by atoms with E-state index in [1.54, 1.807) is 0 Å². The number of carboxylic acid groups (broad SMARTS) is 1. The van der Waals surface area contributed by atoms with Crippen molar-refractivity contribution in [2.24, 2.45) is 5.73 Å². The second-order valence-electron chi connectivity index (χ2n) is 8.13. The van der Waals surface area contributed by atoms with Gasteiger partial charge in [-0.15, -0.1) is 11.3 Å². The number of hydrogen-bond donors (Lipinski definition) is 2. The van der Waals surface area contributed by atoms with Gasteiger partial charge in [0.1, 0.15) is 0 Å². The molecule has 1 fully saturated rings. The topological polar surface area (TPSA) is 83.6 Å². The molecule has 3 N–H and O–H groups in total. The molecule has 3 aromatic rings. The quantitative estimate of drug-likeness (QED) is 0.467. The number of likely N-dealkylation sites (tertiary alicyclic amines) is 1. The minimum absolute atomic E-state index is 0.122. The van der Waals surface area contributed by atoms with Gasteiger partial charge in [0.05, 0.1) is 4.88 Å². The van der Waals surface area contributed by atoms with Gasteiger partial charge in [-0.2, -0.15) is 13.2 Å². The first kappa shape index (κ1) is 27.0. The lowest BCUT2D eigenvalue weighted by molar-refractivity contribution is -0.192. The third-order valence-electron chi connectivity index (χ3n) is 5.62. The SMILES string of the molecule is NCc1cccc(C2CCN(C(=O)c3cc(C#Cc4ccccc4)cs3)CC2)c1.O=C(O)C(F)(F)F. The van der Waals surface area contributed by atoms with Crippen molar-refractivity contribution in [2.75, 3.05) is 13.1 Å². The Morgan fingerprint density at radius 1 is 1.00 bits per heavy atom. The minimum atomic E-state index is -5.08. The molecule has 1 aliphatic heterocycles. The van der Waals surface area contributed by atoms with Crippen LogP contribution in [0.25, 0.3) is 0 Å².